The molecule has 0 radical (unpaired) electrons. The lowest BCUT2D eigenvalue weighted by molar-refractivity contribution is -0.261. The molecule has 2 saturated heterocycles. The first kappa shape index (κ1) is 37.1. The van der Waals surface area contributed by atoms with E-state index in [9.17, 15) is 15.3 Å². The van der Waals surface area contributed by atoms with E-state index in [0.717, 1.165) is 31.1 Å². The molecule has 5 N–H and O–H groups in total. The molecule has 0 unspecified atom stereocenters. The van der Waals surface area contributed by atoms with Crippen LogP contribution in [0.1, 0.15) is 113 Å². The molecular formula is C37H57N3O7. The third kappa shape index (κ3) is 9.89. The molecule has 1 spiro atoms. The lowest BCUT2D eigenvalue weighted by atomic mass is 9.69. The number of piperidine rings is 1. The van der Waals surface area contributed by atoms with Crippen LogP contribution >= 0.6 is 0 Å². The molecule has 3 heterocycles. The lowest BCUT2D eigenvalue weighted by Crippen LogP contribution is -2.56. The Morgan fingerprint density at radius 2 is 1.87 bits per heavy atom. The Morgan fingerprint density at radius 3 is 2.53 bits per heavy atom. The van der Waals surface area contributed by atoms with Gasteiger partial charge >= 0.3 is 0 Å². The second-order valence-corrected chi connectivity index (χ2v) is 14.3. The predicted molar refractivity (Wildman–Crippen MR) is 182 cm³/mol. The van der Waals surface area contributed by atoms with Gasteiger partial charge in [-0.2, -0.15) is 0 Å². The van der Waals surface area contributed by atoms with Gasteiger partial charge in [0.1, 0.15) is 6.10 Å². The van der Waals surface area contributed by atoms with Crippen LogP contribution in [-0.4, -0.2) is 92.3 Å². The van der Waals surface area contributed by atoms with E-state index in [1.165, 1.54) is 74.7 Å². The Morgan fingerprint density at radius 1 is 1.17 bits per heavy atom. The molecule has 1 aromatic carbocycles. The van der Waals surface area contributed by atoms with Crippen molar-refractivity contribution >= 4 is 12.0 Å². The summed E-state index contributed by atoms with van der Waals surface area (Å²) in [5.41, 5.74) is 6.04. The van der Waals surface area contributed by atoms with Gasteiger partial charge in [0.25, 0.3) is 5.97 Å². The number of aromatic amines is 1. The number of aryl methyl sites for hydroxylation is 1. The smallest absolute Gasteiger partial charge is 0.300 e. The maximum absolute atomic E-state index is 10.6. The minimum absolute atomic E-state index is 0.184. The number of aliphatic hydroxyl groups excluding tert-OH is 3. The maximum atomic E-state index is 10.6. The highest BCUT2D eigenvalue weighted by Crippen LogP contribution is 2.43. The second-order valence-electron chi connectivity index (χ2n) is 14.3. The number of nitrogens with zero attached hydrogens (tertiary/aromatic N) is 2. The van der Waals surface area contributed by atoms with E-state index in [1.807, 2.05) is 0 Å². The SMILES string of the molecule is CC(=O)O.Cc1cc(/C=C/CCN2CCCC3(CCCCC3)C2)ccc1Cc1c(O[C@@H]2O[C@H](CO)[C@@H](C)[C@H](O)[C@H]2O)n[nH]c1C(C)C. The van der Waals surface area contributed by atoms with Crippen LogP contribution in [0.3, 0.4) is 0 Å². The van der Waals surface area contributed by atoms with Gasteiger partial charge in [0.2, 0.25) is 12.2 Å². The quantitative estimate of drug-likeness (QED) is 0.226. The minimum Gasteiger partial charge on any atom is -0.481 e. The van der Waals surface area contributed by atoms with Gasteiger partial charge in [0, 0.05) is 43.6 Å². The molecule has 2 aromatic rings. The fourth-order valence-electron chi connectivity index (χ4n) is 7.49. The van der Waals surface area contributed by atoms with Crippen LogP contribution in [0.25, 0.3) is 6.08 Å². The van der Waals surface area contributed by atoms with Gasteiger partial charge in [-0.1, -0.05) is 70.4 Å². The number of aliphatic hydroxyl groups is 3. The van der Waals surface area contributed by atoms with Crippen molar-refractivity contribution in [1.29, 1.82) is 0 Å². The molecule has 10 heteroatoms. The van der Waals surface area contributed by atoms with Gasteiger partial charge in [0.05, 0.1) is 18.8 Å². The summed E-state index contributed by atoms with van der Waals surface area (Å²) in [7, 11) is 0. The van der Waals surface area contributed by atoms with Crippen LogP contribution in [0.5, 0.6) is 5.88 Å². The van der Waals surface area contributed by atoms with Crippen molar-refractivity contribution in [3.05, 3.63) is 52.2 Å². The number of aliphatic carboxylic acids is 1. The molecule has 3 fully saturated rings. The molecule has 10 nitrogen and oxygen atoms in total. The van der Waals surface area contributed by atoms with Gasteiger partial charge in [0.15, 0.2) is 0 Å². The second kappa shape index (κ2) is 17.1. The van der Waals surface area contributed by atoms with Crippen LogP contribution in [0.4, 0.5) is 0 Å². The molecule has 1 aliphatic carbocycles. The van der Waals surface area contributed by atoms with Gasteiger partial charge in [-0.3, -0.25) is 9.89 Å². The Labute approximate surface area is 280 Å². The third-order valence-electron chi connectivity index (χ3n) is 10.2. The number of carboxylic acids is 1. The average molecular weight is 656 g/mol. The highest BCUT2D eigenvalue weighted by Gasteiger charge is 2.44. The number of carboxylic acid groups (broad SMARTS) is 1. The lowest BCUT2D eigenvalue weighted by Gasteiger charge is -2.45. The fourth-order valence-corrected chi connectivity index (χ4v) is 7.49. The largest absolute Gasteiger partial charge is 0.481 e. The molecule has 3 aliphatic rings. The zero-order chi connectivity index (χ0) is 34.1. The fraction of sp³-hybridized carbons (Fsp3) is 0.676. The van der Waals surface area contributed by atoms with Gasteiger partial charge in [-0.05, 0) is 73.6 Å². The van der Waals surface area contributed by atoms with Crippen molar-refractivity contribution in [2.75, 3.05) is 26.2 Å². The van der Waals surface area contributed by atoms with Gasteiger partial charge in [-0.25, -0.2) is 0 Å². The number of likely N-dealkylation sites (tertiary alicyclic amines) is 1. The van der Waals surface area contributed by atoms with Crippen LogP contribution in [0.15, 0.2) is 24.3 Å². The Bertz CT molecular complexity index is 1310. The summed E-state index contributed by atoms with van der Waals surface area (Å²) in [6.07, 6.45) is 12.1. The van der Waals surface area contributed by atoms with Crippen LogP contribution in [-0.2, 0) is 16.0 Å². The summed E-state index contributed by atoms with van der Waals surface area (Å²) < 4.78 is 11.9. The third-order valence-corrected chi connectivity index (χ3v) is 10.2. The number of aromatic nitrogens is 2. The topological polar surface area (TPSA) is 148 Å². The van der Waals surface area contributed by atoms with Crippen LogP contribution in [0, 0.1) is 18.3 Å². The molecule has 47 heavy (non-hydrogen) atoms. The normalized spacial score (nSPS) is 26.4. The standard InChI is InChI=1S/C35H53N3O5.C2H4O2/c1-23(2)30-28(33(37-36-30)43-34-32(41)31(40)25(4)29(21-39)42-34)20-27-13-12-26(19-24(27)3)11-6-9-17-38-18-10-16-35(22-38)14-7-5-8-15-35;1-2(3)4/h6,11-13,19,23,25,29,31-32,34,39-41H,5,7-10,14-18,20-22H2,1-4H3,(H,36,37);1H3,(H,3,4)/b11-6+;/t25-,29-,31+,32-,34+;/m1./s1. The van der Waals surface area contributed by atoms with Crippen molar-refractivity contribution in [3.63, 3.8) is 0 Å². The van der Waals surface area contributed by atoms with E-state index in [-0.39, 0.29) is 12.5 Å². The molecule has 2 aliphatic heterocycles. The Balaban J connectivity index is 0.00000118. The number of rotatable bonds is 10. The number of nitrogens with one attached hydrogen (secondary N) is 1. The van der Waals surface area contributed by atoms with Crippen molar-refractivity contribution in [2.45, 2.75) is 123 Å². The summed E-state index contributed by atoms with van der Waals surface area (Å²) in [6.45, 7) is 12.6. The molecule has 262 valence electrons. The van der Waals surface area contributed by atoms with E-state index in [1.54, 1.807) is 6.92 Å². The molecule has 5 atom stereocenters. The molecule has 1 saturated carbocycles. The molecular weight excluding hydrogens is 598 g/mol. The van der Waals surface area contributed by atoms with Crippen molar-refractivity contribution in [1.82, 2.24) is 15.1 Å². The highest BCUT2D eigenvalue weighted by atomic mass is 16.7. The zero-order valence-corrected chi connectivity index (χ0v) is 29.0. The number of benzene rings is 1. The number of carbonyl (C=O) groups is 1. The van der Waals surface area contributed by atoms with Crippen LogP contribution in [0.2, 0.25) is 0 Å². The van der Waals surface area contributed by atoms with E-state index < -0.39 is 36.5 Å². The molecule has 1 aromatic heterocycles. The monoisotopic (exact) mass is 655 g/mol. The van der Waals surface area contributed by atoms with Crippen molar-refractivity contribution in [3.8, 4) is 5.88 Å². The zero-order valence-electron chi connectivity index (χ0n) is 29.0. The first-order valence-electron chi connectivity index (χ1n) is 17.5. The number of ether oxygens (including phenoxy) is 2. The first-order chi connectivity index (χ1) is 22.4. The van der Waals surface area contributed by atoms with Crippen molar-refractivity contribution in [2.24, 2.45) is 11.3 Å². The first-order valence-corrected chi connectivity index (χ1v) is 17.5. The maximum Gasteiger partial charge on any atom is 0.300 e. The van der Waals surface area contributed by atoms with E-state index in [4.69, 9.17) is 19.4 Å². The van der Waals surface area contributed by atoms with Crippen molar-refractivity contribution < 1.29 is 34.7 Å². The van der Waals surface area contributed by atoms with E-state index in [2.05, 4.69) is 66.2 Å². The average Bonchev–Trinajstić information content (AvgIpc) is 3.43. The molecule has 0 bridgehead atoms. The highest BCUT2D eigenvalue weighted by molar-refractivity contribution is 5.63. The summed E-state index contributed by atoms with van der Waals surface area (Å²) in [5.74, 6) is -0.719. The molecule has 0 amide bonds. The summed E-state index contributed by atoms with van der Waals surface area (Å²) >= 11 is 0. The Hall–Kier alpha value is -2.76. The summed E-state index contributed by atoms with van der Waals surface area (Å²) in [6, 6.07) is 6.58. The van der Waals surface area contributed by atoms with E-state index >= 15 is 0 Å². The number of hydrogen-bond donors (Lipinski definition) is 5. The number of hydrogen-bond acceptors (Lipinski definition) is 8. The predicted octanol–water partition coefficient (Wildman–Crippen LogP) is 5.43. The van der Waals surface area contributed by atoms with E-state index in [0.29, 0.717) is 17.7 Å². The number of H-pyrrole nitrogens is 1. The summed E-state index contributed by atoms with van der Waals surface area (Å²) in [4.78, 5) is 11.7. The summed E-state index contributed by atoms with van der Waals surface area (Å²) in [5, 5.41) is 45.8. The van der Waals surface area contributed by atoms with Crippen LogP contribution < -0.4 is 4.74 Å². The van der Waals surface area contributed by atoms with Gasteiger partial charge < -0.3 is 34.8 Å². The minimum atomic E-state index is -1.25. The van der Waals surface area contributed by atoms with Gasteiger partial charge in [-0.15, -0.1) is 5.10 Å². The molecule has 5 rings (SSSR count). The Kier molecular flexibility index (Phi) is 13.5.